The predicted molar refractivity (Wildman–Crippen MR) is 42.4 cm³/mol. The minimum Gasteiger partial charge on any atom is -0.229 e. The molecule has 2 nitrogen and oxygen atoms in total. The molecule has 0 unspecified atom stereocenters. The maximum atomic E-state index is 10.4. The van der Waals surface area contributed by atoms with Crippen molar-refractivity contribution in [3.63, 3.8) is 0 Å². The molecule has 0 aliphatic carbocycles. The van der Waals surface area contributed by atoms with Gasteiger partial charge in [-0.05, 0) is 12.8 Å². The van der Waals surface area contributed by atoms with Crippen molar-refractivity contribution in [2.75, 3.05) is 11.5 Å². The van der Waals surface area contributed by atoms with Crippen molar-refractivity contribution in [2.45, 2.75) is 12.8 Å². The molecule has 0 radical (unpaired) electrons. The van der Waals surface area contributed by atoms with E-state index in [2.05, 4.69) is 0 Å². The number of halogens is 2. The normalized spacial score (nSPS) is 21.8. The first-order chi connectivity index (χ1) is 3.21. The maximum Gasteiger partial charge on any atom is 0.150 e. The summed E-state index contributed by atoms with van der Waals surface area (Å²) in [4.78, 5) is 0. The minimum atomic E-state index is -2.55. The highest BCUT2D eigenvalue weighted by atomic mass is 35.5. The molecular formula is C4H10Cl2O2S. The Bertz CT molecular complexity index is 140. The first-order valence-corrected chi connectivity index (χ1v) is 4.23. The molecule has 0 atom stereocenters. The summed E-state index contributed by atoms with van der Waals surface area (Å²) in [5.41, 5.74) is 0. The lowest BCUT2D eigenvalue weighted by atomic mass is 10.4. The highest BCUT2D eigenvalue weighted by molar-refractivity contribution is 7.91. The molecule has 0 spiro atoms. The zero-order valence-corrected chi connectivity index (χ0v) is 7.32. The standard InChI is InChI=1S/C4H8O2S.2ClH/c5-7(6)3-1-2-4-7;;/h1-4H2;2*1H. The van der Waals surface area contributed by atoms with E-state index in [-0.39, 0.29) is 24.8 Å². The number of rotatable bonds is 0. The van der Waals surface area contributed by atoms with Gasteiger partial charge in [-0.1, -0.05) is 0 Å². The van der Waals surface area contributed by atoms with Gasteiger partial charge in [0, 0.05) is 0 Å². The van der Waals surface area contributed by atoms with Crippen molar-refractivity contribution in [1.82, 2.24) is 0 Å². The molecule has 9 heavy (non-hydrogen) atoms. The van der Waals surface area contributed by atoms with Crippen molar-refractivity contribution in [3.05, 3.63) is 0 Å². The molecule has 1 rings (SSSR count). The Labute approximate surface area is 67.8 Å². The summed E-state index contributed by atoms with van der Waals surface area (Å²) in [6, 6.07) is 0. The molecule has 1 aliphatic heterocycles. The van der Waals surface area contributed by atoms with Gasteiger partial charge in [-0.25, -0.2) is 8.42 Å². The molecular weight excluding hydrogens is 183 g/mol. The third-order valence-electron chi connectivity index (χ3n) is 1.16. The summed E-state index contributed by atoms with van der Waals surface area (Å²) >= 11 is 0. The van der Waals surface area contributed by atoms with Crippen LogP contribution in [0.4, 0.5) is 0 Å². The molecule has 1 fully saturated rings. The largest absolute Gasteiger partial charge is 0.229 e. The van der Waals surface area contributed by atoms with Crippen molar-refractivity contribution in [1.29, 1.82) is 0 Å². The second-order valence-corrected chi connectivity index (χ2v) is 4.16. The summed E-state index contributed by atoms with van der Waals surface area (Å²) < 4.78 is 20.9. The first kappa shape index (κ1) is 12.2. The highest BCUT2D eigenvalue weighted by Gasteiger charge is 2.16. The van der Waals surface area contributed by atoms with E-state index in [9.17, 15) is 8.42 Å². The lowest BCUT2D eigenvalue weighted by Crippen LogP contribution is -1.98. The van der Waals surface area contributed by atoms with Crippen molar-refractivity contribution in [2.24, 2.45) is 0 Å². The van der Waals surface area contributed by atoms with Crippen molar-refractivity contribution in [3.8, 4) is 0 Å². The Hall–Kier alpha value is 0.530. The average molecular weight is 193 g/mol. The summed E-state index contributed by atoms with van der Waals surface area (Å²) in [5, 5.41) is 0. The molecule has 0 aromatic carbocycles. The van der Waals surface area contributed by atoms with Gasteiger partial charge in [-0.3, -0.25) is 0 Å². The van der Waals surface area contributed by atoms with Crippen LogP contribution in [-0.2, 0) is 9.84 Å². The fourth-order valence-electron chi connectivity index (χ4n) is 0.746. The van der Waals surface area contributed by atoms with Crippen LogP contribution in [0.15, 0.2) is 0 Å². The number of sulfone groups is 1. The third-order valence-corrected chi connectivity index (χ3v) is 2.98. The molecule has 1 aliphatic rings. The van der Waals surface area contributed by atoms with Crippen LogP contribution in [0.5, 0.6) is 0 Å². The zero-order chi connectivity index (χ0) is 5.33. The molecule has 1 saturated heterocycles. The van der Waals surface area contributed by atoms with Gasteiger partial charge in [-0.2, -0.15) is 0 Å². The lowest BCUT2D eigenvalue weighted by molar-refractivity contribution is 0.602. The van der Waals surface area contributed by atoms with E-state index >= 15 is 0 Å². The van der Waals surface area contributed by atoms with Crippen LogP contribution in [0, 0.1) is 0 Å². The van der Waals surface area contributed by atoms with Gasteiger partial charge in [0.05, 0.1) is 11.5 Å². The molecule has 5 heteroatoms. The van der Waals surface area contributed by atoms with Crippen LogP contribution in [0.1, 0.15) is 12.8 Å². The molecule has 58 valence electrons. The van der Waals surface area contributed by atoms with Gasteiger partial charge in [0.1, 0.15) is 9.84 Å². The third kappa shape index (κ3) is 4.00. The van der Waals surface area contributed by atoms with E-state index in [1.165, 1.54) is 0 Å². The monoisotopic (exact) mass is 192 g/mol. The average Bonchev–Trinajstić information content (AvgIpc) is 1.84. The lowest BCUT2D eigenvalue weighted by Gasteiger charge is -1.81. The minimum absolute atomic E-state index is 0. The fourth-order valence-corrected chi connectivity index (χ4v) is 2.24. The molecule has 0 aromatic rings. The number of hydrogen-bond acceptors (Lipinski definition) is 2. The quantitative estimate of drug-likeness (QED) is 0.576. The Balaban J connectivity index is 0. The van der Waals surface area contributed by atoms with Gasteiger partial charge >= 0.3 is 0 Å². The SMILES string of the molecule is Cl.Cl.O=S1(=O)CCCC1. The molecule has 1 heterocycles. The van der Waals surface area contributed by atoms with E-state index in [0.717, 1.165) is 12.8 Å². The van der Waals surface area contributed by atoms with Crippen LogP contribution in [0.2, 0.25) is 0 Å². The molecule has 0 aromatic heterocycles. The van der Waals surface area contributed by atoms with E-state index in [1.807, 2.05) is 0 Å². The summed E-state index contributed by atoms with van der Waals surface area (Å²) in [6.07, 6.45) is 1.75. The smallest absolute Gasteiger partial charge is 0.150 e. The summed E-state index contributed by atoms with van der Waals surface area (Å²) in [5.74, 6) is 0.847. The molecule has 0 N–H and O–H groups in total. The summed E-state index contributed by atoms with van der Waals surface area (Å²) in [7, 11) is -2.55. The van der Waals surface area contributed by atoms with Crippen LogP contribution in [0.3, 0.4) is 0 Å². The van der Waals surface area contributed by atoms with Gasteiger partial charge in [0.15, 0.2) is 0 Å². The molecule has 0 saturated carbocycles. The maximum absolute atomic E-state index is 10.4. The van der Waals surface area contributed by atoms with E-state index in [1.54, 1.807) is 0 Å². The Morgan fingerprint density at radius 2 is 1.22 bits per heavy atom. The zero-order valence-electron chi connectivity index (χ0n) is 4.87. The predicted octanol–water partition coefficient (Wildman–Crippen LogP) is 1.04. The highest BCUT2D eigenvalue weighted by Crippen LogP contribution is 2.08. The van der Waals surface area contributed by atoms with Crippen LogP contribution in [0.25, 0.3) is 0 Å². The fraction of sp³-hybridized carbons (Fsp3) is 1.00. The second kappa shape index (κ2) is 4.36. The molecule has 0 bridgehead atoms. The van der Waals surface area contributed by atoms with Crippen molar-refractivity contribution >= 4 is 34.7 Å². The van der Waals surface area contributed by atoms with Crippen LogP contribution in [-0.4, -0.2) is 19.9 Å². The first-order valence-electron chi connectivity index (χ1n) is 2.41. The van der Waals surface area contributed by atoms with Gasteiger partial charge < -0.3 is 0 Å². The topological polar surface area (TPSA) is 34.1 Å². The van der Waals surface area contributed by atoms with Crippen LogP contribution >= 0.6 is 24.8 Å². The van der Waals surface area contributed by atoms with E-state index < -0.39 is 9.84 Å². The Kier molecular flexibility index (Phi) is 5.93. The Morgan fingerprint density at radius 3 is 1.33 bits per heavy atom. The van der Waals surface area contributed by atoms with Crippen molar-refractivity contribution < 1.29 is 8.42 Å². The number of hydrogen-bond donors (Lipinski definition) is 0. The van der Waals surface area contributed by atoms with Gasteiger partial charge in [-0.15, -0.1) is 24.8 Å². The van der Waals surface area contributed by atoms with E-state index in [4.69, 9.17) is 0 Å². The van der Waals surface area contributed by atoms with E-state index in [0.29, 0.717) is 11.5 Å². The Morgan fingerprint density at radius 1 is 0.889 bits per heavy atom. The second-order valence-electron chi connectivity index (χ2n) is 1.86. The van der Waals surface area contributed by atoms with Gasteiger partial charge in [0.25, 0.3) is 0 Å². The molecule has 0 amide bonds. The van der Waals surface area contributed by atoms with Gasteiger partial charge in [0.2, 0.25) is 0 Å². The summed E-state index contributed by atoms with van der Waals surface area (Å²) in [6.45, 7) is 0. The van der Waals surface area contributed by atoms with Crippen LogP contribution < -0.4 is 0 Å².